The summed E-state index contributed by atoms with van der Waals surface area (Å²) in [5.74, 6) is 1.57. The lowest BCUT2D eigenvalue weighted by atomic mass is 10.2. The molecule has 15 heavy (non-hydrogen) atoms. The molecule has 0 atom stereocenters. The fourth-order valence-electron chi connectivity index (χ4n) is 1.69. The second-order valence-electron chi connectivity index (χ2n) is 3.76. The van der Waals surface area contributed by atoms with Crippen molar-refractivity contribution >= 4 is 17.7 Å². The Morgan fingerprint density at radius 2 is 1.93 bits per heavy atom. The molecule has 0 spiro atoms. The lowest BCUT2D eigenvalue weighted by Crippen LogP contribution is -2.33. The van der Waals surface area contributed by atoms with E-state index in [1.807, 2.05) is 4.90 Å². The summed E-state index contributed by atoms with van der Waals surface area (Å²) in [6.45, 7) is 1.86. The van der Waals surface area contributed by atoms with Crippen molar-refractivity contribution in [3.05, 3.63) is 0 Å². The molecular formula is C11H18N2OS. The summed E-state index contributed by atoms with van der Waals surface area (Å²) in [6, 6.07) is 2.09. The van der Waals surface area contributed by atoms with E-state index in [2.05, 4.69) is 6.07 Å². The first-order valence-electron chi connectivity index (χ1n) is 5.57. The average molecular weight is 226 g/mol. The molecule has 0 aliphatic carbocycles. The number of hydrogen-bond donors (Lipinski definition) is 0. The van der Waals surface area contributed by atoms with E-state index in [1.54, 1.807) is 11.8 Å². The second kappa shape index (κ2) is 7.58. The zero-order chi connectivity index (χ0) is 10.9. The fourth-order valence-corrected chi connectivity index (χ4v) is 2.43. The first kappa shape index (κ1) is 12.4. The van der Waals surface area contributed by atoms with Crippen molar-refractivity contribution < 1.29 is 4.79 Å². The Kier molecular flexibility index (Phi) is 6.26. The Morgan fingerprint density at radius 3 is 2.53 bits per heavy atom. The van der Waals surface area contributed by atoms with Gasteiger partial charge in [-0.15, -0.1) is 0 Å². The van der Waals surface area contributed by atoms with Crippen LogP contribution in [0.1, 0.15) is 32.1 Å². The molecule has 0 aromatic rings. The number of likely N-dealkylation sites (tertiary alicyclic amines) is 1. The average Bonchev–Trinajstić information content (AvgIpc) is 2.52. The predicted molar refractivity (Wildman–Crippen MR) is 62.6 cm³/mol. The van der Waals surface area contributed by atoms with Gasteiger partial charge in [-0.05, 0) is 12.8 Å². The molecule has 0 saturated carbocycles. The zero-order valence-corrected chi connectivity index (χ0v) is 9.89. The Hall–Kier alpha value is -0.690. The number of nitriles is 1. The summed E-state index contributed by atoms with van der Waals surface area (Å²) in [4.78, 5) is 13.7. The van der Waals surface area contributed by atoms with Crippen molar-refractivity contribution in [3.8, 4) is 6.07 Å². The number of carbonyl (C=O) groups excluding carboxylic acids is 1. The number of rotatable bonds is 4. The highest BCUT2D eigenvalue weighted by Crippen LogP contribution is 2.11. The highest BCUT2D eigenvalue weighted by Gasteiger charge is 2.14. The number of nitrogens with zero attached hydrogens (tertiary/aromatic N) is 2. The van der Waals surface area contributed by atoms with Crippen LogP contribution in [0.5, 0.6) is 0 Å². The lowest BCUT2D eigenvalue weighted by Gasteiger charge is -2.19. The Morgan fingerprint density at radius 1 is 1.27 bits per heavy atom. The number of hydrogen-bond acceptors (Lipinski definition) is 3. The van der Waals surface area contributed by atoms with E-state index in [0.717, 1.165) is 31.7 Å². The van der Waals surface area contributed by atoms with Crippen molar-refractivity contribution in [3.63, 3.8) is 0 Å². The number of amides is 1. The Labute approximate surface area is 95.8 Å². The molecule has 0 unspecified atom stereocenters. The van der Waals surface area contributed by atoms with Gasteiger partial charge in [0.25, 0.3) is 0 Å². The van der Waals surface area contributed by atoms with Crippen molar-refractivity contribution in [2.24, 2.45) is 0 Å². The molecule has 1 saturated heterocycles. The molecule has 84 valence electrons. The molecule has 1 rings (SSSR count). The zero-order valence-electron chi connectivity index (χ0n) is 9.07. The molecule has 1 heterocycles. The first-order chi connectivity index (χ1) is 7.34. The van der Waals surface area contributed by atoms with E-state index in [4.69, 9.17) is 5.26 Å². The molecule has 0 aromatic carbocycles. The summed E-state index contributed by atoms with van der Waals surface area (Å²) >= 11 is 1.57. The van der Waals surface area contributed by atoms with Crippen LogP contribution in [-0.2, 0) is 4.79 Å². The fraction of sp³-hybridized carbons (Fsp3) is 0.818. The molecule has 0 bridgehead atoms. The van der Waals surface area contributed by atoms with Crippen LogP contribution in [-0.4, -0.2) is 35.4 Å². The van der Waals surface area contributed by atoms with Crippen LogP contribution in [0, 0.1) is 11.3 Å². The maximum absolute atomic E-state index is 11.7. The third-order valence-electron chi connectivity index (χ3n) is 2.54. The Balaban J connectivity index is 2.17. The predicted octanol–water partition coefficient (Wildman–Crippen LogP) is 2.04. The van der Waals surface area contributed by atoms with Crippen molar-refractivity contribution in [1.29, 1.82) is 5.26 Å². The molecular weight excluding hydrogens is 208 g/mol. The summed E-state index contributed by atoms with van der Waals surface area (Å²) in [5, 5.41) is 8.36. The minimum absolute atomic E-state index is 0.250. The standard InChI is InChI=1S/C11H18N2OS/c12-6-5-9-15-10-11(14)13-7-3-1-2-4-8-13/h1-5,7-10H2. The summed E-state index contributed by atoms with van der Waals surface area (Å²) in [5.41, 5.74) is 0. The third-order valence-corrected chi connectivity index (χ3v) is 3.49. The van der Waals surface area contributed by atoms with Crippen LogP contribution in [0.3, 0.4) is 0 Å². The highest BCUT2D eigenvalue weighted by molar-refractivity contribution is 7.99. The molecule has 1 amide bonds. The van der Waals surface area contributed by atoms with Crippen molar-refractivity contribution in [2.75, 3.05) is 24.6 Å². The smallest absolute Gasteiger partial charge is 0.232 e. The van der Waals surface area contributed by atoms with Crippen LogP contribution >= 0.6 is 11.8 Å². The molecule has 3 nitrogen and oxygen atoms in total. The van der Waals surface area contributed by atoms with Gasteiger partial charge in [0.1, 0.15) is 0 Å². The van der Waals surface area contributed by atoms with Crippen LogP contribution in [0.2, 0.25) is 0 Å². The van der Waals surface area contributed by atoms with E-state index >= 15 is 0 Å². The van der Waals surface area contributed by atoms with Gasteiger partial charge < -0.3 is 4.90 Å². The molecule has 4 heteroatoms. The normalized spacial score (nSPS) is 16.9. The summed E-state index contributed by atoms with van der Waals surface area (Å²) in [7, 11) is 0. The summed E-state index contributed by atoms with van der Waals surface area (Å²) < 4.78 is 0. The van der Waals surface area contributed by atoms with Gasteiger partial charge in [0.2, 0.25) is 5.91 Å². The second-order valence-corrected chi connectivity index (χ2v) is 4.86. The first-order valence-corrected chi connectivity index (χ1v) is 6.72. The maximum atomic E-state index is 11.7. The summed E-state index contributed by atoms with van der Waals surface area (Å²) in [6.07, 6.45) is 5.35. The van der Waals surface area contributed by atoms with Gasteiger partial charge in [-0.1, -0.05) is 12.8 Å². The van der Waals surface area contributed by atoms with E-state index in [9.17, 15) is 4.79 Å². The molecule has 1 fully saturated rings. The third kappa shape index (κ3) is 5.08. The van der Waals surface area contributed by atoms with Crippen LogP contribution in [0.25, 0.3) is 0 Å². The van der Waals surface area contributed by atoms with Gasteiger partial charge >= 0.3 is 0 Å². The van der Waals surface area contributed by atoms with Crippen LogP contribution in [0.15, 0.2) is 0 Å². The van der Waals surface area contributed by atoms with E-state index in [-0.39, 0.29) is 5.91 Å². The molecule has 0 radical (unpaired) electrons. The molecule has 0 aromatic heterocycles. The minimum Gasteiger partial charge on any atom is -0.342 e. The molecule has 0 N–H and O–H groups in total. The van der Waals surface area contributed by atoms with E-state index in [1.165, 1.54) is 12.8 Å². The Bertz CT molecular complexity index is 229. The largest absolute Gasteiger partial charge is 0.342 e. The van der Waals surface area contributed by atoms with Gasteiger partial charge in [0.05, 0.1) is 11.8 Å². The number of thioether (sulfide) groups is 1. The van der Waals surface area contributed by atoms with Gasteiger partial charge in [0, 0.05) is 25.3 Å². The van der Waals surface area contributed by atoms with E-state index < -0.39 is 0 Å². The quantitative estimate of drug-likeness (QED) is 0.689. The topological polar surface area (TPSA) is 44.1 Å². The molecule has 1 aliphatic heterocycles. The highest BCUT2D eigenvalue weighted by atomic mass is 32.2. The molecule has 1 aliphatic rings. The van der Waals surface area contributed by atoms with E-state index in [0.29, 0.717) is 12.2 Å². The SMILES string of the molecule is N#CCCSCC(=O)N1CCCCCC1. The minimum atomic E-state index is 0.250. The van der Waals surface area contributed by atoms with Crippen molar-refractivity contribution in [1.82, 2.24) is 4.90 Å². The monoisotopic (exact) mass is 226 g/mol. The lowest BCUT2D eigenvalue weighted by molar-refractivity contribution is -0.128. The van der Waals surface area contributed by atoms with Gasteiger partial charge in [-0.25, -0.2) is 0 Å². The van der Waals surface area contributed by atoms with Crippen LogP contribution in [0.4, 0.5) is 0 Å². The van der Waals surface area contributed by atoms with Gasteiger partial charge in [0.15, 0.2) is 0 Å². The number of carbonyl (C=O) groups is 1. The van der Waals surface area contributed by atoms with Gasteiger partial charge in [-0.2, -0.15) is 17.0 Å². The van der Waals surface area contributed by atoms with Crippen LogP contribution < -0.4 is 0 Å². The van der Waals surface area contributed by atoms with Gasteiger partial charge in [-0.3, -0.25) is 4.79 Å². The van der Waals surface area contributed by atoms with Crippen molar-refractivity contribution in [2.45, 2.75) is 32.1 Å². The maximum Gasteiger partial charge on any atom is 0.232 e.